The van der Waals surface area contributed by atoms with Crippen molar-refractivity contribution in [3.05, 3.63) is 59.1 Å². The number of rotatable bonds is 3. The van der Waals surface area contributed by atoms with E-state index in [1.807, 2.05) is 30.3 Å². The largest absolute Gasteiger partial charge is 0.508 e. The number of halogens is 1. The fourth-order valence-corrected chi connectivity index (χ4v) is 2.17. The van der Waals surface area contributed by atoms with E-state index in [0.29, 0.717) is 17.4 Å². The molecule has 0 saturated heterocycles. The van der Waals surface area contributed by atoms with Crippen molar-refractivity contribution >= 4 is 11.6 Å². The second-order valence-corrected chi connectivity index (χ2v) is 4.68. The van der Waals surface area contributed by atoms with E-state index in [0.717, 1.165) is 11.1 Å². The van der Waals surface area contributed by atoms with E-state index in [9.17, 15) is 5.11 Å². The van der Waals surface area contributed by atoms with Crippen LogP contribution in [-0.2, 0) is 6.54 Å². The summed E-state index contributed by atoms with van der Waals surface area (Å²) in [5, 5.41) is 22.1. The zero-order chi connectivity index (χ0) is 13.9. The highest BCUT2D eigenvalue weighted by Gasteiger charge is 2.13. The summed E-state index contributed by atoms with van der Waals surface area (Å²) in [6.45, 7) is 0.375. The number of phenolic OH excluding ortho intramolecular Hbond substituents is 1. The molecule has 0 fully saturated rings. The second kappa shape index (κ2) is 5.30. The smallest absolute Gasteiger partial charge is 0.183 e. The minimum Gasteiger partial charge on any atom is -0.508 e. The quantitative estimate of drug-likeness (QED) is 0.804. The van der Waals surface area contributed by atoms with Crippen LogP contribution in [0.25, 0.3) is 11.4 Å². The monoisotopic (exact) mass is 286 g/mol. The third-order valence-corrected chi connectivity index (χ3v) is 3.29. The maximum Gasteiger partial charge on any atom is 0.183 e. The van der Waals surface area contributed by atoms with Gasteiger partial charge in [-0.2, -0.15) is 0 Å². The van der Waals surface area contributed by atoms with E-state index in [1.165, 1.54) is 0 Å². The SMILES string of the molecule is Oc1ccccc1Cn1nnnc1-c1ccccc1Cl. The molecule has 2 aromatic carbocycles. The lowest BCUT2D eigenvalue weighted by Gasteiger charge is -2.07. The van der Waals surface area contributed by atoms with Crippen molar-refractivity contribution < 1.29 is 5.11 Å². The van der Waals surface area contributed by atoms with Gasteiger partial charge >= 0.3 is 0 Å². The van der Waals surface area contributed by atoms with E-state index in [4.69, 9.17) is 11.6 Å². The van der Waals surface area contributed by atoms with E-state index in [1.54, 1.807) is 22.9 Å². The first-order valence-electron chi connectivity index (χ1n) is 6.03. The van der Waals surface area contributed by atoms with Crippen LogP contribution in [0, 0.1) is 0 Å². The number of nitrogens with zero attached hydrogens (tertiary/aromatic N) is 4. The fourth-order valence-electron chi connectivity index (χ4n) is 1.95. The Kier molecular flexibility index (Phi) is 3.35. The maximum atomic E-state index is 9.82. The molecule has 0 spiro atoms. The molecule has 20 heavy (non-hydrogen) atoms. The Bertz CT molecular complexity index is 741. The minimum atomic E-state index is 0.216. The summed E-state index contributed by atoms with van der Waals surface area (Å²) < 4.78 is 1.61. The first-order chi connectivity index (χ1) is 9.75. The predicted molar refractivity (Wildman–Crippen MR) is 75.5 cm³/mol. The summed E-state index contributed by atoms with van der Waals surface area (Å²) in [6, 6.07) is 14.5. The average molecular weight is 287 g/mol. The first kappa shape index (κ1) is 12.6. The Morgan fingerprint density at radius 1 is 1.05 bits per heavy atom. The second-order valence-electron chi connectivity index (χ2n) is 4.27. The number of phenols is 1. The van der Waals surface area contributed by atoms with Gasteiger partial charge in [0.25, 0.3) is 0 Å². The van der Waals surface area contributed by atoms with Crippen LogP contribution >= 0.6 is 11.6 Å². The van der Waals surface area contributed by atoms with E-state index in [-0.39, 0.29) is 5.75 Å². The summed E-state index contributed by atoms with van der Waals surface area (Å²) in [7, 11) is 0. The molecular weight excluding hydrogens is 276 g/mol. The van der Waals surface area contributed by atoms with Crippen LogP contribution in [0.4, 0.5) is 0 Å². The van der Waals surface area contributed by atoms with Gasteiger partial charge in [0.15, 0.2) is 5.82 Å². The summed E-state index contributed by atoms with van der Waals surface area (Å²) >= 11 is 6.16. The van der Waals surface area contributed by atoms with Crippen molar-refractivity contribution in [3.8, 4) is 17.1 Å². The van der Waals surface area contributed by atoms with Gasteiger partial charge in [0.1, 0.15) is 5.75 Å². The lowest BCUT2D eigenvalue weighted by molar-refractivity contribution is 0.463. The number of para-hydroxylation sites is 1. The number of aromatic nitrogens is 4. The summed E-state index contributed by atoms with van der Waals surface area (Å²) in [5.74, 6) is 0.784. The first-order valence-corrected chi connectivity index (χ1v) is 6.41. The highest BCUT2D eigenvalue weighted by Crippen LogP contribution is 2.26. The van der Waals surface area contributed by atoms with Crippen LogP contribution in [0.3, 0.4) is 0 Å². The Balaban J connectivity index is 2.00. The van der Waals surface area contributed by atoms with Crippen molar-refractivity contribution in [2.75, 3.05) is 0 Å². The molecule has 0 bridgehead atoms. The zero-order valence-corrected chi connectivity index (χ0v) is 11.2. The average Bonchev–Trinajstić information content (AvgIpc) is 2.90. The Labute approximate surface area is 120 Å². The van der Waals surface area contributed by atoms with E-state index in [2.05, 4.69) is 15.5 Å². The molecule has 0 amide bonds. The normalized spacial score (nSPS) is 10.7. The molecule has 0 radical (unpaired) electrons. The Morgan fingerprint density at radius 2 is 1.80 bits per heavy atom. The number of hydrogen-bond donors (Lipinski definition) is 1. The molecule has 0 aliphatic carbocycles. The van der Waals surface area contributed by atoms with Crippen LogP contribution in [0.15, 0.2) is 48.5 Å². The molecular formula is C14H11ClN4O. The van der Waals surface area contributed by atoms with E-state index >= 15 is 0 Å². The maximum absolute atomic E-state index is 9.82. The molecule has 6 heteroatoms. The van der Waals surface area contributed by atoms with Gasteiger partial charge in [0, 0.05) is 11.1 Å². The summed E-state index contributed by atoms with van der Waals surface area (Å²) in [4.78, 5) is 0. The lowest BCUT2D eigenvalue weighted by Crippen LogP contribution is -2.04. The zero-order valence-electron chi connectivity index (χ0n) is 10.4. The van der Waals surface area contributed by atoms with Gasteiger partial charge in [-0.3, -0.25) is 0 Å². The van der Waals surface area contributed by atoms with Gasteiger partial charge in [-0.25, -0.2) is 4.68 Å². The Hall–Kier alpha value is -2.40. The van der Waals surface area contributed by atoms with Crippen molar-refractivity contribution in [2.45, 2.75) is 6.54 Å². The van der Waals surface area contributed by atoms with Gasteiger partial charge in [0.2, 0.25) is 0 Å². The molecule has 1 N–H and O–H groups in total. The molecule has 0 atom stereocenters. The van der Waals surface area contributed by atoms with Gasteiger partial charge in [-0.05, 0) is 28.6 Å². The molecule has 3 aromatic rings. The van der Waals surface area contributed by atoms with Gasteiger partial charge in [0.05, 0.1) is 11.6 Å². The molecule has 100 valence electrons. The summed E-state index contributed by atoms with van der Waals surface area (Å²) in [5.41, 5.74) is 1.50. The molecule has 0 saturated carbocycles. The highest BCUT2D eigenvalue weighted by molar-refractivity contribution is 6.33. The van der Waals surface area contributed by atoms with Crippen LogP contribution in [0.2, 0.25) is 5.02 Å². The van der Waals surface area contributed by atoms with Crippen molar-refractivity contribution in [3.63, 3.8) is 0 Å². The molecule has 1 aromatic heterocycles. The number of benzene rings is 2. The Morgan fingerprint density at radius 3 is 2.60 bits per heavy atom. The number of tetrazole rings is 1. The van der Waals surface area contributed by atoms with Gasteiger partial charge < -0.3 is 5.11 Å². The van der Waals surface area contributed by atoms with Crippen LogP contribution in [0.1, 0.15) is 5.56 Å². The molecule has 0 aliphatic heterocycles. The van der Waals surface area contributed by atoms with Crippen LogP contribution in [0.5, 0.6) is 5.75 Å². The predicted octanol–water partition coefficient (Wildman–Crippen LogP) is 2.75. The molecule has 3 rings (SSSR count). The van der Waals surface area contributed by atoms with Gasteiger partial charge in [-0.15, -0.1) is 5.10 Å². The van der Waals surface area contributed by atoms with Crippen molar-refractivity contribution in [1.29, 1.82) is 0 Å². The third-order valence-electron chi connectivity index (χ3n) is 2.96. The van der Waals surface area contributed by atoms with Crippen LogP contribution in [-0.4, -0.2) is 25.3 Å². The molecule has 5 nitrogen and oxygen atoms in total. The van der Waals surface area contributed by atoms with Crippen molar-refractivity contribution in [1.82, 2.24) is 20.2 Å². The summed E-state index contributed by atoms with van der Waals surface area (Å²) in [6.07, 6.45) is 0. The molecule has 1 heterocycles. The third kappa shape index (κ3) is 2.35. The number of hydrogen-bond acceptors (Lipinski definition) is 4. The number of aromatic hydroxyl groups is 1. The minimum absolute atomic E-state index is 0.216. The molecule has 0 aliphatic rings. The highest BCUT2D eigenvalue weighted by atomic mass is 35.5. The van der Waals surface area contributed by atoms with E-state index < -0.39 is 0 Å². The molecule has 0 unspecified atom stereocenters. The van der Waals surface area contributed by atoms with Crippen molar-refractivity contribution in [2.24, 2.45) is 0 Å². The van der Waals surface area contributed by atoms with Gasteiger partial charge in [-0.1, -0.05) is 41.9 Å². The fraction of sp³-hybridized carbons (Fsp3) is 0.0714. The van der Waals surface area contributed by atoms with Crippen LogP contribution < -0.4 is 0 Å². The topological polar surface area (TPSA) is 63.8 Å². The lowest BCUT2D eigenvalue weighted by atomic mass is 10.2. The standard InChI is InChI=1S/C14H11ClN4O/c15-12-7-3-2-6-11(12)14-16-17-18-19(14)9-10-5-1-4-8-13(10)20/h1-8,20H,9H2.